The minimum atomic E-state index is 0.314. The zero-order chi connectivity index (χ0) is 12.8. The number of aliphatic hydroxyl groups excluding tert-OH is 1. The van der Waals surface area contributed by atoms with Crippen LogP contribution in [0.5, 0.6) is 0 Å². The van der Waals surface area contributed by atoms with E-state index in [1.165, 1.54) is 69.8 Å². The van der Waals surface area contributed by atoms with Gasteiger partial charge in [-0.1, -0.05) is 64.0 Å². The molecule has 0 unspecified atom stereocenters. The Morgan fingerprint density at radius 3 is 2.06 bits per heavy atom. The van der Waals surface area contributed by atoms with E-state index in [0.29, 0.717) is 6.61 Å². The first kappa shape index (κ1) is 16.7. The second-order valence-corrected chi connectivity index (χ2v) is 5.00. The maximum atomic E-state index is 9.04. The van der Waals surface area contributed by atoms with Gasteiger partial charge in [0.05, 0.1) is 0 Å². The maximum Gasteiger partial charge on any atom is 0.0468 e. The minimum absolute atomic E-state index is 0.314. The molecule has 0 aromatic carbocycles. The fourth-order valence-electron chi connectivity index (χ4n) is 2.13. The Morgan fingerprint density at radius 1 is 0.824 bits per heavy atom. The SMILES string of the molecule is CCCCCCC=C(CCO)CCCCCC. The lowest BCUT2D eigenvalue weighted by Gasteiger charge is -2.06. The Labute approximate surface area is 108 Å². The molecule has 0 saturated carbocycles. The summed E-state index contributed by atoms with van der Waals surface area (Å²) in [5.41, 5.74) is 1.49. The molecule has 0 saturated heterocycles. The zero-order valence-corrected chi connectivity index (χ0v) is 12.0. The van der Waals surface area contributed by atoms with Crippen LogP contribution in [0.1, 0.15) is 84.5 Å². The molecule has 0 amide bonds. The topological polar surface area (TPSA) is 20.2 Å². The van der Waals surface area contributed by atoms with Crippen molar-refractivity contribution in [2.24, 2.45) is 0 Å². The van der Waals surface area contributed by atoms with Crippen LogP contribution in [0.25, 0.3) is 0 Å². The third kappa shape index (κ3) is 12.0. The van der Waals surface area contributed by atoms with Gasteiger partial charge in [0.15, 0.2) is 0 Å². The predicted octanol–water partition coefficient (Wildman–Crippen LogP) is 5.24. The summed E-state index contributed by atoms with van der Waals surface area (Å²) in [7, 11) is 0. The minimum Gasteiger partial charge on any atom is -0.396 e. The highest BCUT2D eigenvalue weighted by Gasteiger charge is 1.97. The van der Waals surface area contributed by atoms with E-state index in [4.69, 9.17) is 5.11 Å². The summed E-state index contributed by atoms with van der Waals surface area (Å²) in [4.78, 5) is 0. The third-order valence-corrected chi connectivity index (χ3v) is 3.28. The molecule has 0 radical (unpaired) electrons. The molecule has 0 atom stereocenters. The summed E-state index contributed by atoms with van der Waals surface area (Å²) in [6.07, 6.45) is 16.3. The molecule has 0 fully saturated rings. The van der Waals surface area contributed by atoms with E-state index in [0.717, 1.165) is 6.42 Å². The van der Waals surface area contributed by atoms with Crippen LogP contribution in [0.2, 0.25) is 0 Å². The van der Waals surface area contributed by atoms with E-state index in [1.807, 2.05) is 0 Å². The Morgan fingerprint density at radius 2 is 1.47 bits per heavy atom. The molecular weight excluding hydrogens is 208 g/mol. The Hall–Kier alpha value is -0.300. The number of hydrogen-bond donors (Lipinski definition) is 1. The second kappa shape index (κ2) is 13.8. The lowest BCUT2D eigenvalue weighted by molar-refractivity contribution is 0.297. The van der Waals surface area contributed by atoms with Gasteiger partial charge >= 0.3 is 0 Å². The standard InChI is InChI=1S/C16H32O/c1-3-5-7-9-11-13-16(14-15-17)12-10-8-6-4-2/h13,17H,3-12,14-15H2,1-2H3. The molecule has 0 aliphatic heterocycles. The number of allylic oxidation sites excluding steroid dienone is 1. The highest BCUT2D eigenvalue weighted by molar-refractivity contribution is 5.01. The van der Waals surface area contributed by atoms with Crippen molar-refractivity contribution in [3.63, 3.8) is 0 Å². The molecule has 0 rings (SSSR count). The van der Waals surface area contributed by atoms with Gasteiger partial charge in [-0.05, 0) is 32.1 Å². The smallest absolute Gasteiger partial charge is 0.0468 e. The van der Waals surface area contributed by atoms with Crippen molar-refractivity contribution in [2.45, 2.75) is 84.5 Å². The van der Waals surface area contributed by atoms with Crippen molar-refractivity contribution in [2.75, 3.05) is 6.61 Å². The molecule has 0 aliphatic rings. The highest BCUT2D eigenvalue weighted by Crippen LogP contribution is 2.15. The summed E-state index contributed by atoms with van der Waals surface area (Å²) < 4.78 is 0. The first-order valence-corrected chi connectivity index (χ1v) is 7.63. The van der Waals surface area contributed by atoms with Gasteiger partial charge in [-0.25, -0.2) is 0 Å². The van der Waals surface area contributed by atoms with Crippen LogP contribution < -0.4 is 0 Å². The van der Waals surface area contributed by atoms with Crippen LogP contribution in [0.3, 0.4) is 0 Å². The molecule has 1 heteroatoms. The van der Waals surface area contributed by atoms with Crippen LogP contribution >= 0.6 is 0 Å². The summed E-state index contributed by atoms with van der Waals surface area (Å²) >= 11 is 0. The quantitative estimate of drug-likeness (QED) is 0.365. The normalized spacial score (nSPS) is 12.1. The van der Waals surface area contributed by atoms with Crippen LogP contribution in [0.4, 0.5) is 0 Å². The maximum absolute atomic E-state index is 9.04. The summed E-state index contributed by atoms with van der Waals surface area (Å²) in [6.45, 7) is 4.81. The van der Waals surface area contributed by atoms with Crippen LogP contribution in [0.15, 0.2) is 11.6 Å². The van der Waals surface area contributed by atoms with Gasteiger partial charge in [0.1, 0.15) is 0 Å². The number of hydrogen-bond acceptors (Lipinski definition) is 1. The lowest BCUT2D eigenvalue weighted by atomic mass is 10.0. The average Bonchev–Trinajstić information content (AvgIpc) is 2.34. The van der Waals surface area contributed by atoms with Crippen LogP contribution in [-0.2, 0) is 0 Å². The van der Waals surface area contributed by atoms with E-state index < -0.39 is 0 Å². The van der Waals surface area contributed by atoms with Gasteiger partial charge in [0, 0.05) is 6.61 Å². The van der Waals surface area contributed by atoms with Crippen molar-refractivity contribution in [1.29, 1.82) is 0 Å². The van der Waals surface area contributed by atoms with E-state index in [9.17, 15) is 0 Å². The molecule has 17 heavy (non-hydrogen) atoms. The molecule has 0 spiro atoms. The predicted molar refractivity (Wildman–Crippen MR) is 77.3 cm³/mol. The van der Waals surface area contributed by atoms with Gasteiger partial charge in [0.25, 0.3) is 0 Å². The van der Waals surface area contributed by atoms with E-state index in [1.54, 1.807) is 0 Å². The molecule has 0 aromatic rings. The van der Waals surface area contributed by atoms with Gasteiger partial charge in [-0.2, -0.15) is 0 Å². The van der Waals surface area contributed by atoms with Crippen molar-refractivity contribution < 1.29 is 5.11 Å². The zero-order valence-electron chi connectivity index (χ0n) is 12.0. The van der Waals surface area contributed by atoms with Gasteiger partial charge in [0.2, 0.25) is 0 Å². The highest BCUT2D eigenvalue weighted by atomic mass is 16.2. The molecule has 1 nitrogen and oxygen atoms in total. The monoisotopic (exact) mass is 240 g/mol. The third-order valence-electron chi connectivity index (χ3n) is 3.28. The fourth-order valence-corrected chi connectivity index (χ4v) is 2.13. The summed E-state index contributed by atoms with van der Waals surface area (Å²) in [6, 6.07) is 0. The van der Waals surface area contributed by atoms with E-state index in [-0.39, 0.29) is 0 Å². The van der Waals surface area contributed by atoms with Gasteiger partial charge in [-0.15, -0.1) is 0 Å². The molecule has 0 bridgehead atoms. The Kier molecular flexibility index (Phi) is 13.5. The lowest BCUT2D eigenvalue weighted by Crippen LogP contribution is -1.90. The fraction of sp³-hybridized carbons (Fsp3) is 0.875. The molecule has 0 aliphatic carbocycles. The number of rotatable bonds is 12. The summed E-state index contributed by atoms with van der Waals surface area (Å²) in [5, 5.41) is 9.04. The van der Waals surface area contributed by atoms with Crippen molar-refractivity contribution in [3.05, 3.63) is 11.6 Å². The Bertz CT molecular complexity index is 172. The molecule has 102 valence electrons. The van der Waals surface area contributed by atoms with Crippen molar-refractivity contribution in [3.8, 4) is 0 Å². The average molecular weight is 240 g/mol. The first-order valence-electron chi connectivity index (χ1n) is 7.63. The first-order chi connectivity index (χ1) is 8.35. The van der Waals surface area contributed by atoms with Crippen LogP contribution in [0, 0.1) is 0 Å². The van der Waals surface area contributed by atoms with E-state index in [2.05, 4.69) is 19.9 Å². The molecule has 1 N–H and O–H groups in total. The second-order valence-electron chi connectivity index (χ2n) is 5.00. The molecule has 0 heterocycles. The largest absolute Gasteiger partial charge is 0.396 e. The number of aliphatic hydroxyl groups is 1. The van der Waals surface area contributed by atoms with Gasteiger partial charge < -0.3 is 5.11 Å². The molecule has 0 aromatic heterocycles. The summed E-state index contributed by atoms with van der Waals surface area (Å²) in [5.74, 6) is 0. The molecular formula is C16H32O. The van der Waals surface area contributed by atoms with E-state index >= 15 is 0 Å². The number of unbranched alkanes of at least 4 members (excludes halogenated alkanes) is 7. The Balaban J connectivity index is 3.66. The van der Waals surface area contributed by atoms with Crippen LogP contribution in [-0.4, -0.2) is 11.7 Å². The van der Waals surface area contributed by atoms with Gasteiger partial charge in [-0.3, -0.25) is 0 Å². The van der Waals surface area contributed by atoms with Crippen molar-refractivity contribution >= 4 is 0 Å². The van der Waals surface area contributed by atoms with Crippen molar-refractivity contribution in [1.82, 2.24) is 0 Å².